The molecule has 35 heavy (non-hydrogen) atoms. The molecule has 14 heteroatoms. The van der Waals surface area contributed by atoms with Gasteiger partial charge in [-0.25, -0.2) is 13.8 Å². The summed E-state index contributed by atoms with van der Waals surface area (Å²) in [7, 11) is 1.42. The molecule has 2 aromatic heterocycles. The summed E-state index contributed by atoms with van der Waals surface area (Å²) in [6.45, 7) is 0.803. The molecule has 0 radical (unpaired) electrons. The van der Waals surface area contributed by atoms with Crippen molar-refractivity contribution in [2.75, 3.05) is 53.7 Å². The van der Waals surface area contributed by atoms with Crippen LogP contribution >= 0.6 is 11.3 Å². The second-order valence-electron chi connectivity index (χ2n) is 8.34. The van der Waals surface area contributed by atoms with Gasteiger partial charge in [0, 0.05) is 31.9 Å². The summed E-state index contributed by atoms with van der Waals surface area (Å²) in [4.78, 5) is 20.7. The lowest BCUT2D eigenvalue weighted by Crippen LogP contribution is -2.56. The Bertz CT molecular complexity index is 1170. The fourth-order valence-electron chi connectivity index (χ4n) is 4.10. The van der Waals surface area contributed by atoms with Gasteiger partial charge in [-0.1, -0.05) is 23.5 Å². The minimum absolute atomic E-state index is 0.124. The first-order chi connectivity index (χ1) is 16.9. The highest BCUT2D eigenvalue weighted by molar-refractivity contribution is 7.19. The van der Waals surface area contributed by atoms with Crippen LogP contribution in [0.5, 0.6) is 0 Å². The molecule has 2 saturated heterocycles. The number of amides is 1. The van der Waals surface area contributed by atoms with Crippen LogP contribution in [0, 0.1) is 0 Å². The third-order valence-electron chi connectivity index (χ3n) is 5.78. The van der Waals surface area contributed by atoms with E-state index in [1.54, 1.807) is 35.4 Å². The summed E-state index contributed by atoms with van der Waals surface area (Å²) in [6, 6.07) is 6.98. The zero-order valence-corrected chi connectivity index (χ0v) is 19.6. The molecule has 0 bridgehead atoms. The van der Waals surface area contributed by atoms with Gasteiger partial charge in [-0.2, -0.15) is 5.10 Å². The number of nitrogens with one attached hydrogen (secondary N) is 2. The third kappa shape index (κ3) is 5.27. The molecule has 2 atom stereocenters. The van der Waals surface area contributed by atoms with Crippen LogP contribution in [-0.4, -0.2) is 76.5 Å². The highest BCUT2D eigenvalue weighted by Crippen LogP contribution is 2.33. The molecule has 3 aromatic rings. The molecule has 184 valence electrons. The molecule has 2 fully saturated rings. The number of anilines is 4. The van der Waals surface area contributed by atoms with E-state index in [1.807, 2.05) is 4.90 Å². The number of nitrogens with zero attached hydrogens (tertiary/aromatic N) is 7. The summed E-state index contributed by atoms with van der Waals surface area (Å²) in [5.41, 5.74) is 1.18. The van der Waals surface area contributed by atoms with Crippen molar-refractivity contribution >= 4 is 39.1 Å². The van der Waals surface area contributed by atoms with Crippen LogP contribution in [0.4, 0.5) is 30.7 Å². The van der Waals surface area contributed by atoms with E-state index >= 15 is 0 Å². The Morgan fingerprint density at radius 3 is 2.77 bits per heavy atom. The SMILES string of the molecule is CO[C@@H](C(=O)Nc1nnc(N[C@@H]2CCN(c3nccnn3)C2)s1)c1cccc(N2CC(F)(F)C2)c1. The molecule has 5 rings (SSSR count). The zero-order chi connectivity index (χ0) is 24.4. The van der Waals surface area contributed by atoms with Gasteiger partial charge in [0.05, 0.1) is 25.5 Å². The molecule has 0 spiro atoms. The Morgan fingerprint density at radius 1 is 1.20 bits per heavy atom. The predicted octanol–water partition coefficient (Wildman–Crippen LogP) is 2.20. The molecule has 0 unspecified atom stereocenters. The Kier molecular flexibility index (Phi) is 6.38. The van der Waals surface area contributed by atoms with Gasteiger partial charge in [0.15, 0.2) is 6.10 Å². The molecular weight excluding hydrogens is 480 g/mol. The maximum absolute atomic E-state index is 13.2. The quantitative estimate of drug-likeness (QED) is 0.473. The van der Waals surface area contributed by atoms with Gasteiger partial charge in [-0.15, -0.1) is 15.3 Å². The van der Waals surface area contributed by atoms with Crippen LogP contribution in [0.25, 0.3) is 0 Å². The van der Waals surface area contributed by atoms with E-state index in [1.165, 1.54) is 24.6 Å². The molecule has 11 nitrogen and oxygen atoms in total. The largest absolute Gasteiger partial charge is 0.367 e. The first-order valence-electron chi connectivity index (χ1n) is 11.0. The average Bonchev–Trinajstić information content (AvgIpc) is 3.48. The third-order valence-corrected chi connectivity index (χ3v) is 6.55. The Balaban J connectivity index is 1.18. The smallest absolute Gasteiger partial charge is 0.282 e. The van der Waals surface area contributed by atoms with Gasteiger partial charge in [-0.3, -0.25) is 10.1 Å². The molecule has 2 N–H and O–H groups in total. The van der Waals surface area contributed by atoms with Crippen molar-refractivity contribution < 1.29 is 18.3 Å². The lowest BCUT2D eigenvalue weighted by molar-refractivity contribution is -0.126. The molecule has 4 heterocycles. The van der Waals surface area contributed by atoms with Crippen molar-refractivity contribution in [1.82, 2.24) is 25.4 Å². The minimum Gasteiger partial charge on any atom is -0.367 e. The predicted molar refractivity (Wildman–Crippen MR) is 126 cm³/mol. The fourth-order valence-corrected chi connectivity index (χ4v) is 4.82. The Hall–Kier alpha value is -3.52. The first-order valence-corrected chi connectivity index (χ1v) is 11.8. The van der Waals surface area contributed by atoms with Gasteiger partial charge in [0.2, 0.25) is 16.2 Å². The van der Waals surface area contributed by atoms with Crippen molar-refractivity contribution in [2.45, 2.75) is 24.5 Å². The number of ether oxygens (including phenoxy) is 1. The summed E-state index contributed by atoms with van der Waals surface area (Å²) in [5, 5.41) is 23.0. The molecule has 2 aliphatic heterocycles. The molecule has 0 aliphatic carbocycles. The lowest BCUT2D eigenvalue weighted by atomic mass is 10.0. The second-order valence-corrected chi connectivity index (χ2v) is 9.32. The number of hydrogen-bond donors (Lipinski definition) is 2. The van der Waals surface area contributed by atoms with Crippen molar-refractivity contribution in [3.8, 4) is 0 Å². The molecular formula is C21H23F2N9O2S. The Labute approximate surface area is 203 Å². The zero-order valence-electron chi connectivity index (χ0n) is 18.8. The topological polar surface area (TPSA) is 121 Å². The highest BCUT2D eigenvalue weighted by Gasteiger charge is 2.44. The van der Waals surface area contributed by atoms with Gasteiger partial charge >= 0.3 is 0 Å². The number of aromatic nitrogens is 5. The summed E-state index contributed by atoms with van der Waals surface area (Å²) < 4.78 is 31.9. The van der Waals surface area contributed by atoms with E-state index in [0.29, 0.717) is 34.0 Å². The maximum Gasteiger partial charge on any atom is 0.282 e. The van der Waals surface area contributed by atoms with Crippen LogP contribution in [0.2, 0.25) is 0 Å². The lowest BCUT2D eigenvalue weighted by Gasteiger charge is -2.40. The summed E-state index contributed by atoms with van der Waals surface area (Å²) in [6.07, 6.45) is 3.07. The van der Waals surface area contributed by atoms with Crippen LogP contribution in [0.1, 0.15) is 18.1 Å². The van der Waals surface area contributed by atoms with Crippen LogP contribution in [0.15, 0.2) is 36.7 Å². The number of alkyl halides is 2. The maximum atomic E-state index is 13.2. The number of rotatable bonds is 8. The number of hydrogen-bond acceptors (Lipinski definition) is 11. The van der Waals surface area contributed by atoms with Crippen molar-refractivity contribution in [3.05, 3.63) is 42.2 Å². The van der Waals surface area contributed by atoms with Gasteiger partial charge in [-0.05, 0) is 24.1 Å². The average molecular weight is 504 g/mol. The van der Waals surface area contributed by atoms with Gasteiger partial charge < -0.3 is 19.9 Å². The van der Waals surface area contributed by atoms with Crippen molar-refractivity contribution in [3.63, 3.8) is 0 Å². The number of benzene rings is 1. The number of methoxy groups -OCH3 is 1. The number of carbonyl (C=O) groups excluding carboxylic acids is 1. The van der Waals surface area contributed by atoms with Crippen molar-refractivity contribution in [1.29, 1.82) is 0 Å². The van der Waals surface area contributed by atoms with E-state index in [9.17, 15) is 13.6 Å². The van der Waals surface area contributed by atoms with E-state index < -0.39 is 17.9 Å². The number of carbonyl (C=O) groups is 1. The highest BCUT2D eigenvalue weighted by atomic mass is 32.1. The van der Waals surface area contributed by atoms with E-state index in [-0.39, 0.29) is 19.1 Å². The minimum atomic E-state index is -2.68. The number of halogens is 2. The summed E-state index contributed by atoms with van der Waals surface area (Å²) >= 11 is 1.21. The molecule has 1 amide bonds. The van der Waals surface area contributed by atoms with E-state index in [4.69, 9.17) is 4.74 Å². The van der Waals surface area contributed by atoms with Gasteiger partial charge in [0.25, 0.3) is 11.8 Å². The monoisotopic (exact) mass is 503 g/mol. The van der Waals surface area contributed by atoms with Crippen LogP contribution in [0.3, 0.4) is 0 Å². The fraction of sp³-hybridized carbons (Fsp3) is 0.429. The van der Waals surface area contributed by atoms with E-state index in [0.717, 1.165) is 13.0 Å². The summed E-state index contributed by atoms with van der Waals surface area (Å²) in [5.74, 6) is -2.53. The van der Waals surface area contributed by atoms with Gasteiger partial charge in [0.1, 0.15) is 0 Å². The van der Waals surface area contributed by atoms with E-state index in [2.05, 4.69) is 36.0 Å². The second kappa shape index (κ2) is 9.62. The Morgan fingerprint density at radius 2 is 2.03 bits per heavy atom. The molecule has 0 saturated carbocycles. The molecule has 1 aromatic carbocycles. The normalized spacial score (nSPS) is 19.8. The van der Waals surface area contributed by atoms with Crippen molar-refractivity contribution in [2.24, 2.45) is 0 Å². The molecule has 2 aliphatic rings. The first kappa shape index (κ1) is 23.2. The van der Waals surface area contributed by atoms with Crippen LogP contribution in [-0.2, 0) is 9.53 Å². The standard InChI is InChI=1S/C21H23F2N9O2S/c1-34-16(13-3-2-4-15(9-13)32-11-21(22,23)12-32)17(33)27-20-30-29-19(35-20)26-14-5-8-31(10-14)18-24-6-7-25-28-18/h2-4,6-7,9,14,16H,5,8,10-12H2,1H3,(H,26,29)(H,27,30,33)/t14-,16-/m1/s1. The van der Waals surface area contributed by atoms with Crippen LogP contribution < -0.4 is 20.4 Å².